The molecule has 7 heteroatoms. The lowest BCUT2D eigenvalue weighted by Crippen LogP contribution is -2.45. The summed E-state index contributed by atoms with van der Waals surface area (Å²) < 4.78 is 7.53. The van der Waals surface area contributed by atoms with Crippen LogP contribution in [0.4, 0.5) is 5.69 Å². The van der Waals surface area contributed by atoms with E-state index in [4.69, 9.17) is 4.74 Å². The highest BCUT2D eigenvalue weighted by Gasteiger charge is 2.31. The number of carbonyl (C=O) groups excluding carboxylic acids is 2. The maximum absolute atomic E-state index is 12.5. The molecule has 0 radical (unpaired) electrons. The van der Waals surface area contributed by atoms with Crippen LogP contribution in [0.3, 0.4) is 0 Å². The van der Waals surface area contributed by atoms with Gasteiger partial charge in [-0.3, -0.25) is 9.59 Å². The summed E-state index contributed by atoms with van der Waals surface area (Å²) in [5, 5.41) is 7.55. The van der Waals surface area contributed by atoms with Crippen LogP contribution >= 0.6 is 0 Å². The third-order valence-electron chi connectivity index (χ3n) is 5.60. The van der Waals surface area contributed by atoms with E-state index in [9.17, 15) is 9.59 Å². The first-order valence-electron chi connectivity index (χ1n) is 11.0. The number of amides is 2. The SMILES string of the molecule is Cc1nn(-c2ccccc2)cc1CCCNC(=O)CCN1C(=O)C(C)Oc2ccccc21. The molecule has 32 heavy (non-hydrogen) atoms. The van der Waals surface area contributed by atoms with Crippen molar-refractivity contribution in [2.75, 3.05) is 18.0 Å². The summed E-state index contributed by atoms with van der Waals surface area (Å²) in [6, 6.07) is 17.4. The molecule has 1 aromatic heterocycles. The quantitative estimate of drug-likeness (QED) is 0.554. The Hall–Kier alpha value is -3.61. The Bertz CT molecular complexity index is 1090. The van der Waals surface area contributed by atoms with Gasteiger partial charge in [-0.25, -0.2) is 4.68 Å². The zero-order valence-corrected chi connectivity index (χ0v) is 18.5. The summed E-state index contributed by atoms with van der Waals surface area (Å²) in [7, 11) is 0. The van der Waals surface area contributed by atoms with Gasteiger partial charge in [0.2, 0.25) is 5.91 Å². The molecule has 0 bridgehead atoms. The number of para-hydroxylation sites is 3. The summed E-state index contributed by atoms with van der Waals surface area (Å²) in [4.78, 5) is 26.5. The Labute approximate surface area is 188 Å². The smallest absolute Gasteiger partial charge is 0.267 e. The first kappa shape index (κ1) is 21.6. The third-order valence-corrected chi connectivity index (χ3v) is 5.60. The van der Waals surface area contributed by atoms with Crippen LogP contribution in [0.25, 0.3) is 5.69 Å². The standard InChI is InChI=1S/C25H28N4O3/c1-18-20(17-29(27-18)21-10-4-3-5-11-21)9-8-15-26-24(30)14-16-28-22-12-6-7-13-23(22)32-19(2)25(28)31/h3-7,10-13,17,19H,8-9,14-16H2,1-2H3,(H,26,30). The highest BCUT2D eigenvalue weighted by atomic mass is 16.5. The first-order chi connectivity index (χ1) is 15.5. The molecular weight excluding hydrogens is 404 g/mol. The molecular formula is C25H28N4O3. The van der Waals surface area contributed by atoms with E-state index in [1.807, 2.05) is 66.2 Å². The molecule has 1 unspecified atom stereocenters. The van der Waals surface area contributed by atoms with Gasteiger partial charge in [-0.2, -0.15) is 5.10 Å². The van der Waals surface area contributed by atoms with Crippen molar-refractivity contribution in [3.63, 3.8) is 0 Å². The lowest BCUT2D eigenvalue weighted by atomic mass is 10.1. The van der Waals surface area contributed by atoms with Gasteiger partial charge in [0.1, 0.15) is 5.75 Å². The number of hydrogen-bond acceptors (Lipinski definition) is 4. The second-order valence-corrected chi connectivity index (χ2v) is 7.94. The maximum Gasteiger partial charge on any atom is 0.267 e. The fourth-order valence-electron chi connectivity index (χ4n) is 3.85. The number of rotatable bonds is 8. The monoisotopic (exact) mass is 432 g/mol. The Balaban J connectivity index is 1.24. The van der Waals surface area contributed by atoms with Crippen molar-refractivity contribution in [1.82, 2.24) is 15.1 Å². The first-order valence-corrected chi connectivity index (χ1v) is 11.0. The van der Waals surface area contributed by atoms with Crippen molar-refractivity contribution in [3.8, 4) is 11.4 Å². The van der Waals surface area contributed by atoms with Gasteiger partial charge < -0.3 is 15.0 Å². The van der Waals surface area contributed by atoms with E-state index in [0.717, 1.165) is 24.2 Å². The maximum atomic E-state index is 12.5. The van der Waals surface area contributed by atoms with Crippen molar-refractivity contribution in [2.24, 2.45) is 0 Å². The molecule has 0 saturated carbocycles. The molecule has 1 aliphatic rings. The van der Waals surface area contributed by atoms with Gasteiger partial charge in [-0.15, -0.1) is 0 Å². The van der Waals surface area contributed by atoms with E-state index in [1.165, 1.54) is 5.56 Å². The summed E-state index contributed by atoms with van der Waals surface area (Å²) in [5.41, 5.74) is 3.92. The number of nitrogens with zero attached hydrogens (tertiary/aromatic N) is 3. The molecule has 2 amide bonds. The minimum Gasteiger partial charge on any atom is -0.479 e. The Morgan fingerprint density at radius 1 is 1.12 bits per heavy atom. The van der Waals surface area contributed by atoms with Gasteiger partial charge in [0.15, 0.2) is 6.10 Å². The van der Waals surface area contributed by atoms with Crippen molar-refractivity contribution in [3.05, 3.63) is 72.1 Å². The van der Waals surface area contributed by atoms with Crippen LogP contribution in [0.1, 0.15) is 31.0 Å². The van der Waals surface area contributed by atoms with Crippen molar-refractivity contribution in [1.29, 1.82) is 0 Å². The molecule has 0 aliphatic carbocycles. The lowest BCUT2D eigenvalue weighted by Gasteiger charge is -2.32. The van der Waals surface area contributed by atoms with Gasteiger partial charge in [0.25, 0.3) is 5.91 Å². The molecule has 0 spiro atoms. The van der Waals surface area contributed by atoms with Crippen LogP contribution in [-0.2, 0) is 16.0 Å². The van der Waals surface area contributed by atoms with E-state index in [2.05, 4.69) is 16.6 Å². The lowest BCUT2D eigenvalue weighted by molar-refractivity contribution is -0.125. The topological polar surface area (TPSA) is 76.5 Å². The number of aromatic nitrogens is 2. The Morgan fingerprint density at radius 2 is 1.88 bits per heavy atom. The van der Waals surface area contributed by atoms with E-state index in [-0.39, 0.29) is 18.2 Å². The van der Waals surface area contributed by atoms with Gasteiger partial charge in [-0.05, 0) is 56.5 Å². The third kappa shape index (κ3) is 4.82. The number of nitrogens with one attached hydrogen (secondary N) is 1. The fourth-order valence-corrected chi connectivity index (χ4v) is 3.85. The van der Waals surface area contributed by atoms with Gasteiger partial charge >= 0.3 is 0 Å². The predicted molar refractivity (Wildman–Crippen MR) is 123 cm³/mol. The second-order valence-electron chi connectivity index (χ2n) is 7.94. The largest absolute Gasteiger partial charge is 0.479 e. The van der Waals surface area contributed by atoms with Gasteiger partial charge in [0.05, 0.1) is 17.1 Å². The zero-order chi connectivity index (χ0) is 22.5. The van der Waals surface area contributed by atoms with Crippen molar-refractivity contribution < 1.29 is 14.3 Å². The summed E-state index contributed by atoms with van der Waals surface area (Å²) in [6.45, 7) is 4.65. The van der Waals surface area contributed by atoms with Crippen LogP contribution < -0.4 is 15.0 Å². The van der Waals surface area contributed by atoms with Crippen LogP contribution in [0, 0.1) is 6.92 Å². The molecule has 166 valence electrons. The normalized spacial score (nSPS) is 15.2. The van der Waals surface area contributed by atoms with E-state index < -0.39 is 6.10 Å². The fraction of sp³-hybridized carbons (Fsp3) is 0.320. The Morgan fingerprint density at radius 3 is 2.69 bits per heavy atom. The molecule has 4 rings (SSSR count). The highest BCUT2D eigenvalue weighted by Crippen LogP contribution is 2.33. The Kier molecular flexibility index (Phi) is 6.54. The van der Waals surface area contributed by atoms with Gasteiger partial charge in [0, 0.05) is 25.7 Å². The second kappa shape index (κ2) is 9.68. The molecule has 1 atom stereocenters. The molecule has 3 aromatic rings. The molecule has 7 nitrogen and oxygen atoms in total. The number of anilines is 1. The minimum absolute atomic E-state index is 0.0638. The van der Waals surface area contributed by atoms with Crippen LogP contribution in [0.5, 0.6) is 5.75 Å². The van der Waals surface area contributed by atoms with Crippen LogP contribution in [0.2, 0.25) is 0 Å². The average molecular weight is 433 g/mol. The van der Waals surface area contributed by atoms with E-state index in [1.54, 1.807) is 11.8 Å². The molecule has 0 fully saturated rings. The summed E-state index contributed by atoms with van der Waals surface area (Å²) in [5.74, 6) is 0.486. The highest BCUT2D eigenvalue weighted by molar-refractivity contribution is 6.00. The minimum atomic E-state index is -0.548. The number of fused-ring (bicyclic) bond motifs is 1. The molecule has 0 saturated heterocycles. The summed E-state index contributed by atoms with van der Waals surface area (Å²) in [6.07, 6.45) is 3.41. The molecule has 2 aromatic carbocycles. The number of hydrogen-bond donors (Lipinski definition) is 1. The zero-order valence-electron chi connectivity index (χ0n) is 18.5. The van der Waals surface area contributed by atoms with Crippen molar-refractivity contribution >= 4 is 17.5 Å². The van der Waals surface area contributed by atoms with Gasteiger partial charge in [-0.1, -0.05) is 30.3 Å². The number of aryl methyl sites for hydroxylation is 2. The predicted octanol–water partition coefficient (Wildman–Crippen LogP) is 3.43. The molecule has 1 aliphatic heterocycles. The van der Waals surface area contributed by atoms with Crippen LogP contribution in [-0.4, -0.2) is 40.8 Å². The molecule has 2 heterocycles. The number of ether oxygens (including phenoxy) is 1. The average Bonchev–Trinajstić information content (AvgIpc) is 3.18. The van der Waals surface area contributed by atoms with Crippen molar-refractivity contribution in [2.45, 2.75) is 39.2 Å². The van der Waals surface area contributed by atoms with E-state index >= 15 is 0 Å². The summed E-state index contributed by atoms with van der Waals surface area (Å²) >= 11 is 0. The number of carbonyl (C=O) groups is 2. The van der Waals surface area contributed by atoms with Crippen LogP contribution in [0.15, 0.2) is 60.8 Å². The number of benzene rings is 2. The van der Waals surface area contributed by atoms with E-state index in [0.29, 0.717) is 24.5 Å². The molecule has 1 N–H and O–H groups in total.